The number of rotatable bonds is 2. The molecule has 0 radical (unpaired) electrons. The van der Waals surface area contributed by atoms with Crippen LogP contribution in [0.3, 0.4) is 0 Å². The summed E-state index contributed by atoms with van der Waals surface area (Å²) in [5.74, 6) is -0.934. The van der Waals surface area contributed by atoms with Crippen molar-refractivity contribution in [2.24, 2.45) is 0 Å². The lowest BCUT2D eigenvalue weighted by Gasteiger charge is -2.43. The second-order valence-corrected chi connectivity index (χ2v) is 5.98. The van der Waals surface area contributed by atoms with Gasteiger partial charge in [-0.2, -0.15) is 0 Å². The van der Waals surface area contributed by atoms with Gasteiger partial charge in [0.1, 0.15) is 17.4 Å². The fourth-order valence-electron chi connectivity index (χ4n) is 2.22. The first kappa shape index (κ1) is 15.0. The summed E-state index contributed by atoms with van der Waals surface area (Å²) in [7, 11) is 0. The van der Waals surface area contributed by atoms with Gasteiger partial charge in [-0.25, -0.2) is 4.39 Å². The highest BCUT2D eigenvalue weighted by molar-refractivity contribution is 9.10. The van der Waals surface area contributed by atoms with Gasteiger partial charge >= 0.3 is 0 Å². The highest BCUT2D eigenvalue weighted by atomic mass is 79.9. The van der Waals surface area contributed by atoms with E-state index < -0.39 is 17.4 Å². The van der Waals surface area contributed by atoms with Crippen molar-refractivity contribution in [2.75, 3.05) is 4.90 Å². The zero-order valence-electron chi connectivity index (χ0n) is 11.5. The van der Waals surface area contributed by atoms with Gasteiger partial charge in [0.25, 0.3) is 5.91 Å². The number of hydrogen-bond donors (Lipinski definition) is 1. The Balaban J connectivity index is 2.54. The Bertz CT molecular complexity index is 578. The molecule has 2 unspecified atom stereocenters. The van der Waals surface area contributed by atoms with Crippen LogP contribution in [0.2, 0.25) is 0 Å². The Morgan fingerprint density at radius 2 is 2.10 bits per heavy atom. The van der Waals surface area contributed by atoms with Crippen LogP contribution in [0.5, 0.6) is 0 Å². The number of carbonyl (C=O) groups is 2. The molecule has 0 aromatic heterocycles. The average molecular weight is 343 g/mol. The summed E-state index contributed by atoms with van der Waals surface area (Å²) in [6.45, 7) is 5.13. The Labute approximate surface area is 125 Å². The van der Waals surface area contributed by atoms with Crippen LogP contribution in [0.25, 0.3) is 0 Å². The highest BCUT2D eigenvalue weighted by Gasteiger charge is 2.46. The number of halogens is 2. The van der Waals surface area contributed by atoms with Crippen LogP contribution in [0.15, 0.2) is 22.7 Å². The number of carbonyl (C=O) groups excluding carboxylic acids is 2. The second-order valence-electron chi connectivity index (χ2n) is 5.12. The minimum absolute atomic E-state index is 0.238. The molecule has 1 aliphatic rings. The first-order chi connectivity index (χ1) is 9.30. The lowest BCUT2D eigenvalue weighted by molar-refractivity contribution is -0.137. The summed E-state index contributed by atoms with van der Waals surface area (Å²) >= 11 is 3.31. The van der Waals surface area contributed by atoms with Gasteiger partial charge in [0.15, 0.2) is 0 Å². The van der Waals surface area contributed by atoms with Gasteiger partial charge in [-0.1, -0.05) is 6.92 Å². The number of anilines is 1. The molecule has 0 bridgehead atoms. The van der Waals surface area contributed by atoms with Crippen molar-refractivity contribution < 1.29 is 14.0 Å². The van der Waals surface area contributed by atoms with E-state index in [1.165, 1.54) is 23.1 Å². The molecule has 0 saturated carbocycles. The molecule has 20 heavy (non-hydrogen) atoms. The van der Waals surface area contributed by atoms with Gasteiger partial charge in [-0.15, -0.1) is 0 Å². The molecular formula is C14H16BrFN2O2. The van der Waals surface area contributed by atoms with E-state index in [2.05, 4.69) is 21.2 Å². The first-order valence-corrected chi connectivity index (χ1v) is 7.20. The third kappa shape index (κ3) is 2.32. The molecule has 2 atom stereocenters. The van der Waals surface area contributed by atoms with Crippen LogP contribution in [0.1, 0.15) is 27.2 Å². The van der Waals surface area contributed by atoms with Crippen LogP contribution in [0, 0.1) is 5.82 Å². The summed E-state index contributed by atoms with van der Waals surface area (Å²) < 4.78 is 14.0. The largest absolute Gasteiger partial charge is 0.340 e. The Kier molecular flexibility index (Phi) is 3.86. The molecule has 1 aromatic carbocycles. The Hall–Kier alpha value is -1.43. The van der Waals surface area contributed by atoms with E-state index in [1.807, 2.05) is 6.92 Å². The van der Waals surface area contributed by atoms with Gasteiger partial charge in [-0.3, -0.25) is 14.5 Å². The van der Waals surface area contributed by atoms with E-state index in [4.69, 9.17) is 0 Å². The van der Waals surface area contributed by atoms with Crippen LogP contribution >= 0.6 is 15.9 Å². The molecule has 108 valence electrons. The molecule has 4 nitrogen and oxygen atoms in total. The van der Waals surface area contributed by atoms with E-state index in [1.54, 1.807) is 13.8 Å². The van der Waals surface area contributed by atoms with Crippen molar-refractivity contribution in [3.63, 3.8) is 0 Å². The number of piperazine rings is 1. The maximum atomic E-state index is 13.5. The lowest BCUT2D eigenvalue weighted by Crippen LogP contribution is -2.68. The van der Waals surface area contributed by atoms with Crippen molar-refractivity contribution in [1.82, 2.24) is 5.32 Å². The predicted octanol–water partition coefficient (Wildman–Crippen LogP) is 2.61. The van der Waals surface area contributed by atoms with Crippen molar-refractivity contribution in [3.8, 4) is 0 Å². The van der Waals surface area contributed by atoms with Gasteiger partial charge in [0.2, 0.25) is 5.91 Å². The predicted molar refractivity (Wildman–Crippen MR) is 77.9 cm³/mol. The van der Waals surface area contributed by atoms with E-state index in [0.29, 0.717) is 16.6 Å². The molecule has 1 fully saturated rings. The van der Waals surface area contributed by atoms with E-state index in [9.17, 15) is 14.0 Å². The second kappa shape index (κ2) is 5.16. The molecule has 2 amide bonds. The maximum absolute atomic E-state index is 13.5. The summed E-state index contributed by atoms with van der Waals surface area (Å²) in [5.41, 5.74) is -0.591. The lowest BCUT2D eigenvalue weighted by atomic mass is 9.92. The zero-order chi connectivity index (χ0) is 15.1. The number of nitrogens with one attached hydrogen (secondary N) is 1. The summed E-state index contributed by atoms with van der Waals surface area (Å²) in [5, 5.41) is 2.74. The van der Waals surface area contributed by atoms with Crippen LogP contribution < -0.4 is 10.2 Å². The van der Waals surface area contributed by atoms with Gasteiger partial charge in [0, 0.05) is 4.47 Å². The van der Waals surface area contributed by atoms with Crippen molar-refractivity contribution in [2.45, 2.75) is 38.8 Å². The van der Waals surface area contributed by atoms with E-state index in [-0.39, 0.29) is 11.8 Å². The molecule has 1 N–H and O–H groups in total. The van der Waals surface area contributed by atoms with E-state index >= 15 is 0 Å². The molecule has 0 aliphatic carbocycles. The normalized spacial score (nSPS) is 26.6. The molecule has 1 heterocycles. The number of nitrogens with zero attached hydrogens (tertiary/aromatic N) is 1. The minimum atomic E-state index is -0.963. The molecule has 0 spiro atoms. The summed E-state index contributed by atoms with van der Waals surface area (Å²) in [6, 6.07) is 3.40. The summed E-state index contributed by atoms with van der Waals surface area (Å²) in [6.07, 6.45) is 0.466. The molecule has 6 heteroatoms. The van der Waals surface area contributed by atoms with Gasteiger partial charge in [0.05, 0.1) is 5.69 Å². The molecule has 1 aromatic rings. The van der Waals surface area contributed by atoms with Crippen molar-refractivity contribution >= 4 is 33.4 Å². The number of amides is 2. The minimum Gasteiger partial charge on any atom is -0.340 e. The topological polar surface area (TPSA) is 49.4 Å². The quantitative estimate of drug-likeness (QED) is 0.898. The molecular weight excluding hydrogens is 327 g/mol. The van der Waals surface area contributed by atoms with Crippen molar-refractivity contribution in [3.05, 3.63) is 28.5 Å². The zero-order valence-corrected chi connectivity index (χ0v) is 13.1. The maximum Gasteiger partial charge on any atom is 0.253 e. The van der Waals surface area contributed by atoms with Gasteiger partial charge in [-0.05, 0) is 54.4 Å². The Morgan fingerprint density at radius 3 is 2.70 bits per heavy atom. The van der Waals surface area contributed by atoms with Crippen LogP contribution in [-0.4, -0.2) is 23.4 Å². The summed E-state index contributed by atoms with van der Waals surface area (Å²) in [4.78, 5) is 26.1. The first-order valence-electron chi connectivity index (χ1n) is 6.41. The SMILES string of the molecule is CCC1(C)NC(=O)C(C)N(c2cc(F)ccc2Br)C1=O. The molecule has 2 rings (SSSR count). The van der Waals surface area contributed by atoms with Crippen LogP contribution in [-0.2, 0) is 9.59 Å². The van der Waals surface area contributed by atoms with E-state index in [0.717, 1.165) is 0 Å². The fraction of sp³-hybridized carbons (Fsp3) is 0.429. The number of benzene rings is 1. The van der Waals surface area contributed by atoms with Gasteiger partial charge < -0.3 is 5.32 Å². The smallest absolute Gasteiger partial charge is 0.253 e. The molecule has 1 aliphatic heterocycles. The third-order valence-corrected chi connectivity index (χ3v) is 4.40. The Morgan fingerprint density at radius 1 is 1.45 bits per heavy atom. The third-order valence-electron chi connectivity index (χ3n) is 3.73. The molecule has 1 saturated heterocycles. The standard InChI is InChI=1S/C14H16BrFN2O2/c1-4-14(3)13(20)18(8(2)12(19)17-14)11-7-9(16)5-6-10(11)15/h5-8H,4H2,1-3H3,(H,17,19). The van der Waals surface area contributed by atoms with Crippen molar-refractivity contribution in [1.29, 1.82) is 0 Å². The monoisotopic (exact) mass is 342 g/mol. The van der Waals surface area contributed by atoms with Crippen LogP contribution in [0.4, 0.5) is 10.1 Å². The highest BCUT2D eigenvalue weighted by Crippen LogP contribution is 2.33. The number of hydrogen-bond acceptors (Lipinski definition) is 2. The fourth-order valence-corrected chi connectivity index (χ4v) is 2.65. The average Bonchev–Trinajstić information content (AvgIpc) is 2.41.